The maximum absolute atomic E-state index is 13.4. The molecule has 0 aliphatic carbocycles. The van der Waals surface area contributed by atoms with Gasteiger partial charge < -0.3 is 10.7 Å². The fourth-order valence-corrected chi connectivity index (χ4v) is 1.79. The van der Waals surface area contributed by atoms with Gasteiger partial charge in [0.05, 0.1) is 11.9 Å². The van der Waals surface area contributed by atoms with E-state index in [-0.39, 0.29) is 11.9 Å². The third kappa shape index (κ3) is 1.54. The largest absolute Gasteiger partial charge is 0.369 e. The number of aromatic amines is 1. The lowest BCUT2D eigenvalue weighted by Crippen LogP contribution is -2.13. The fraction of sp³-hybridized carbons (Fsp3) is 0.182. The smallest absolute Gasteiger partial charge is 0.221 e. The molecule has 16 heavy (non-hydrogen) atoms. The highest BCUT2D eigenvalue weighted by atomic mass is 19.2. The van der Waals surface area contributed by atoms with Crippen LogP contribution in [0.15, 0.2) is 12.1 Å². The number of aryl methyl sites for hydroxylation is 1. The van der Waals surface area contributed by atoms with E-state index in [2.05, 4.69) is 4.98 Å². The highest BCUT2D eigenvalue weighted by Gasteiger charge is 2.15. The van der Waals surface area contributed by atoms with Crippen molar-refractivity contribution in [2.75, 3.05) is 0 Å². The minimum Gasteiger partial charge on any atom is -0.369 e. The molecule has 1 aromatic carbocycles. The molecule has 0 fully saturated rings. The third-order valence-electron chi connectivity index (χ3n) is 2.54. The van der Waals surface area contributed by atoms with Gasteiger partial charge in [0, 0.05) is 11.1 Å². The Bertz CT molecular complexity index is 575. The first-order valence-corrected chi connectivity index (χ1v) is 4.74. The number of nitrogens with two attached hydrogens (primary N) is 1. The van der Waals surface area contributed by atoms with Crippen LogP contribution in [0.2, 0.25) is 0 Å². The van der Waals surface area contributed by atoms with Crippen molar-refractivity contribution in [3.63, 3.8) is 0 Å². The molecule has 1 amide bonds. The number of hydrogen-bond acceptors (Lipinski definition) is 1. The molecule has 0 saturated heterocycles. The van der Waals surface area contributed by atoms with Crippen molar-refractivity contribution in [3.8, 4) is 0 Å². The molecule has 2 rings (SSSR count). The molecule has 0 radical (unpaired) electrons. The molecular weight excluding hydrogens is 214 g/mol. The van der Waals surface area contributed by atoms with Gasteiger partial charge in [-0.1, -0.05) is 0 Å². The van der Waals surface area contributed by atoms with Crippen molar-refractivity contribution < 1.29 is 13.6 Å². The number of halogens is 2. The van der Waals surface area contributed by atoms with Crippen molar-refractivity contribution in [1.29, 1.82) is 0 Å². The van der Waals surface area contributed by atoms with E-state index < -0.39 is 17.5 Å². The van der Waals surface area contributed by atoms with E-state index in [1.807, 2.05) is 0 Å². The Morgan fingerprint density at radius 1 is 1.44 bits per heavy atom. The normalized spacial score (nSPS) is 10.9. The van der Waals surface area contributed by atoms with Crippen molar-refractivity contribution in [2.24, 2.45) is 5.73 Å². The van der Waals surface area contributed by atoms with E-state index >= 15 is 0 Å². The van der Waals surface area contributed by atoms with E-state index in [1.165, 1.54) is 6.07 Å². The Labute approximate surface area is 90.2 Å². The number of H-pyrrole nitrogens is 1. The second kappa shape index (κ2) is 3.59. The van der Waals surface area contributed by atoms with Gasteiger partial charge in [0.15, 0.2) is 11.6 Å². The van der Waals surface area contributed by atoms with Gasteiger partial charge in [-0.3, -0.25) is 4.79 Å². The fourth-order valence-electron chi connectivity index (χ4n) is 1.79. The number of rotatable bonds is 2. The number of hydrogen-bond donors (Lipinski definition) is 2. The summed E-state index contributed by atoms with van der Waals surface area (Å²) in [6, 6.07) is 2.48. The number of primary amides is 1. The van der Waals surface area contributed by atoms with E-state index in [0.717, 1.165) is 6.07 Å². The molecule has 84 valence electrons. The molecule has 0 aliphatic heterocycles. The van der Waals surface area contributed by atoms with E-state index in [1.54, 1.807) is 6.92 Å². The van der Waals surface area contributed by atoms with Gasteiger partial charge in [0.1, 0.15) is 0 Å². The first-order valence-electron chi connectivity index (χ1n) is 4.74. The molecule has 0 unspecified atom stereocenters. The number of nitrogens with one attached hydrogen (secondary N) is 1. The maximum atomic E-state index is 13.4. The molecule has 0 spiro atoms. The molecule has 0 bridgehead atoms. The number of benzene rings is 1. The average Bonchev–Trinajstić information content (AvgIpc) is 2.51. The molecule has 3 N–H and O–H groups in total. The first-order chi connectivity index (χ1) is 7.50. The quantitative estimate of drug-likeness (QED) is 0.802. The summed E-state index contributed by atoms with van der Waals surface area (Å²) in [5.74, 6) is -2.36. The summed E-state index contributed by atoms with van der Waals surface area (Å²) >= 11 is 0. The molecule has 0 atom stereocenters. The van der Waals surface area contributed by atoms with Crippen LogP contribution >= 0.6 is 0 Å². The molecule has 1 aromatic heterocycles. The van der Waals surface area contributed by atoms with Crippen LogP contribution in [0.5, 0.6) is 0 Å². The van der Waals surface area contributed by atoms with Gasteiger partial charge in [0.25, 0.3) is 0 Å². The Hall–Kier alpha value is -1.91. The van der Waals surface area contributed by atoms with Crippen molar-refractivity contribution >= 4 is 16.8 Å². The van der Waals surface area contributed by atoms with Crippen LogP contribution in [0.25, 0.3) is 10.9 Å². The van der Waals surface area contributed by atoms with Gasteiger partial charge in [-0.05, 0) is 24.6 Å². The summed E-state index contributed by atoms with van der Waals surface area (Å²) in [5.41, 5.74) is 6.40. The average molecular weight is 224 g/mol. The van der Waals surface area contributed by atoms with Crippen LogP contribution in [0, 0.1) is 18.6 Å². The summed E-state index contributed by atoms with van der Waals surface area (Å²) < 4.78 is 26.4. The standard InChI is InChI=1S/C11H10F2N2O/c1-5-7(4-9(14)16)6-2-3-8(12)10(13)11(6)15-5/h2-3,15H,4H2,1H3,(H2,14,16). The SMILES string of the molecule is Cc1[nH]c2c(F)c(F)ccc2c1CC(N)=O. The van der Waals surface area contributed by atoms with E-state index in [0.29, 0.717) is 16.6 Å². The van der Waals surface area contributed by atoms with E-state index in [9.17, 15) is 13.6 Å². The predicted molar refractivity (Wildman–Crippen MR) is 55.9 cm³/mol. The van der Waals surface area contributed by atoms with Crippen LogP contribution in [0.4, 0.5) is 8.78 Å². The zero-order valence-corrected chi connectivity index (χ0v) is 8.60. The van der Waals surface area contributed by atoms with Crippen LogP contribution < -0.4 is 5.73 Å². The summed E-state index contributed by atoms with van der Waals surface area (Å²) in [6.45, 7) is 1.69. The topological polar surface area (TPSA) is 58.9 Å². The highest BCUT2D eigenvalue weighted by molar-refractivity contribution is 5.90. The van der Waals surface area contributed by atoms with Crippen molar-refractivity contribution in [3.05, 3.63) is 35.0 Å². The lowest BCUT2D eigenvalue weighted by molar-refractivity contribution is -0.117. The Kier molecular flexibility index (Phi) is 2.38. The second-order valence-corrected chi connectivity index (χ2v) is 3.66. The summed E-state index contributed by atoms with van der Waals surface area (Å²) in [4.78, 5) is 13.6. The number of carbonyl (C=O) groups is 1. The molecule has 5 heteroatoms. The van der Waals surface area contributed by atoms with Crippen molar-refractivity contribution in [2.45, 2.75) is 13.3 Å². The van der Waals surface area contributed by atoms with Gasteiger partial charge in [-0.25, -0.2) is 8.78 Å². The zero-order valence-electron chi connectivity index (χ0n) is 8.60. The van der Waals surface area contributed by atoms with Crippen LogP contribution in [0.3, 0.4) is 0 Å². The van der Waals surface area contributed by atoms with Gasteiger partial charge in [-0.2, -0.15) is 0 Å². The lowest BCUT2D eigenvalue weighted by Gasteiger charge is -1.98. The predicted octanol–water partition coefficient (Wildman–Crippen LogP) is 1.78. The second-order valence-electron chi connectivity index (χ2n) is 3.66. The van der Waals surface area contributed by atoms with Crippen LogP contribution in [0.1, 0.15) is 11.3 Å². The number of fused-ring (bicyclic) bond motifs is 1. The highest BCUT2D eigenvalue weighted by Crippen LogP contribution is 2.26. The minimum atomic E-state index is -0.934. The van der Waals surface area contributed by atoms with Crippen LogP contribution in [-0.4, -0.2) is 10.9 Å². The number of aromatic nitrogens is 1. The van der Waals surface area contributed by atoms with E-state index in [4.69, 9.17) is 5.73 Å². The Morgan fingerprint density at radius 2 is 2.12 bits per heavy atom. The van der Waals surface area contributed by atoms with Gasteiger partial charge in [-0.15, -0.1) is 0 Å². The molecular formula is C11H10F2N2O. The van der Waals surface area contributed by atoms with Crippen molar-refractivity contribution in [1.82, 2.24) is 4.98 Å². The van der Waals surface area contributed by atoms with Crippen LogP contribution in [-0.2, 0) is 11.2 Å². The molecule has 3 nitrogen and oxygen atoms in total. The van der Waals surface area contributed by atoms with Gasteiger partial charge in [0.2, 0.25) is 5.91 Å². The molecule has 0 saturated carbocycles. The lowest BCUT2D eigenvalue weighted by atomic mass is 10.1. The van der Waals surface area contributed by atoms with Gasteiger partial charge >= 0.3 is 0 Å². The molecule has 0 aliphatic rings. The maximum Gasteiger partial charge on any atom is 0.221 e. The summed E-state index contributed by atoms with van der Waals surface area (Å²) in [7, 11) is 0. The monoisotopic (exact) mass is 224 g/mol. The molecule has 1 heterocycles. The first kappa shape index (κ1) is 10.6. The Balaban J connectivity index is 2.71. The minimum absolute atomic E-state index is 0.0108. The third-order valence-corrected chi connectivity index (χ3v) is 2.54. The zero-order chi connectivity index (χ0) is 11.9. The number of amides is 1. The number of carbonyl (C=O) groups excluding carboxylic acids is 1. The summed E-state index contributed by atoms with van der Waals surface area (Å²) in [5, 5.41) is 0.496. The summed E-state index contributed by atoms with van der Waals surface area (Å²) in [6.07, 6.45) is 0.0108. The molecule has 2 aromatic rings. The Morgan fingerprint density at radius 3 is 2.75 bits per heavy atom.